The van der Waals surface area contributed by atoms with Gasteiger partial charge in [-0.1, -0.05) is 0 Å². The molecule has 0 amide bonds. The summed E-state index contributed by atoms with van der Waals surface area (Å²) in [7, 11) is 0. The molecular weight excluding hydrogens is 301 g/mol. The number of benzene rings is 1. The van der Waals surface area contributed by atoms with Gasteiger partial charge >= 0.3 is 5.97 Å². The zero-order valence-corrected chi connectivity index (χ0v) is 11.9. The molecule has 0 radical (unpaired) electrons. The van der Waals surface area contributed by atoms with Crippen LogP contribution in [0.4, 0.5) is 13.2 Å². The zero-order valence-electron chi connectivity index (χ0n) is 11.9. The molecule has 0 fully saturated rings. The Balaban J connectivity index is 2.82. The van der Waals surface area contributed by atoms with Gasteiger partial charge in [0, 0.05) is 17.7 Å². The van der Waals surface area contributed by atoms with Gasteiger partial charge in [-0.25, -0.2) is 18.0 Å². The van der Waals surface area contributed by atoms with Crippen LogP contribution in [0.2, 0.25) is 0 Å². The average Bonchev–Trinajstić information content (AvgIpc) is 2.54. The second kappa shape index (κ2) is 10.5. The Kier molecular flexibility index (Phi) is 8.56. The van der Waals surface area contributed by atoms with Crippen molar-refractivity contribution in [2.75, 3.05) is 39.8 Å². The van der Waals surface area contributed by atoms with E-state index >= 15 is 0 Å². The molecule has 1 rings (SSSR count). The minimum absolute atomic E-state index is 0.104. The Hall–Kier alpha value is -2.18. The van der Waals surface area contributed by atoms with Gasteiger partial charge in [-0.15, -0.1) is 0 Å². The average molecular weight is 318 g/mol. The van der Waals surface area contributed by atoms with E-state index in [9.17, 15) is 18.0 Å². The van der Waals surface area contributed by atoms with E-state index in [0.29, 0.717) is 11.3 Å². The lowest BCUT2D eigenvalue weighted by Gasteiger charge is -2.10. The number of carbonyl (C=O) groups is 1. The molecule has 0 saturated carbocycles. The Bertz CT molecular complexity index is 492. The van der Waals surface area contributed by atoms with Crippen LogP contribution in [0.1, 0.15) is 5.56 Å². The summed E-state index contributed by atoms with van der Waals surface area (Å²) in [5.41, 5.74) is 0.484. The second-order valence-corrected chi connectivity index (χ2v) is 3.96. The monoisotopic (exact) mass is 318 g/mol. The van der Waals surface area contributed by atoms with Crippen LogP contribution >= 0.6 is 0 Å². The molecule has 0 N–H and O–H groups in total. The smallest absolute Gasteiger partial charge is 0.330 e. The fraction of sp³-hybridized carbons (Fsp3) is 0.400. The maximum atomic E-state index is 12.2. The van der Waals surface area contributed by atoms with Gasteiger partial charge in [0.05, 0.1) is 0 Å². The van der Waals surface area contributed by atoms with Crippen molar-refractivity contribution in [3.63, 3.8) is 0 Å². The van der Waals surface area contributed by atoms with Gasteiger partial charge in [-0.3, -0.25) is 0 Å². The highest BCUT2D eigenvalue weighted by Crippen LogP contribution is 2.26. The quantitative estimate of drug-likeness (QED) is 0.491. The van der Waals surface area contributed by atoms with Crippen molar-refractivity contribution in [3.8, 4) is 11.5 Å². The summed E-state index contributed by atoms with van der Waals surface area (Å²) in [6, 6.07) is 4.60. The number of hydrogen-bond donors (Lipinski definition) is 0. The first kappa shape index (κ1) is 17.9. The Labute approximate surface area is 126 Å². The second-order valence-electron chi connectivity index (χ2n) is 3.96. The maximum Gasteiger partial charge on any atom is 0.330 e. The summed E-state index contributed by atoms with van der Waals surface area (Å²) in [6.45, 7) is -2.66. The van der Waals surface area contributed by atoms with Crippen LogP contribution < -0.4 is 9.47 Å². The standard InChI is InChI=1S/C15H17F3O4/c16-5-8-20-13-3-1-12(14(11-13)21-9-6-17)2-4-15(19)22-10-7-18/h1-4,11H,5-10H2/b4-2+. The molecule has 0 aliphatic rings. The topological polar surface area (TPSA) is 44.8 Å². The summed E-state index contributed by atoms with van der Waals surface area (Å²) < 4.78 is 51.0. The van der Waals surface area contributed by atoms with Crippen LogP contribution in [0.15, 0.2) is 24.3 Å². The van der Waals surface area contributed by atoms with E-state index in [-0.39, 0.29) is 25.6 Å². The molecule has 0 unspecified atom stereocenters. The van der Waals surface area contributed by atoms with E-state index in [1.807, 2.05) is 0 Å². The highest BCUT2D eigenvalue weighted by Gasteiger charge is 2.06. The molecule has 0 aliphatic carbocycles. The van der Waals surface area contributed by atoms with Crippen molar-refractivity contribution in [1.82, 2.24) is 0 Å². The molecule has 1 aromatic rings. The highest BCUT2D eigenvalue weighted by molar-refractivity contribution is 5.87. The largest absolute Gasteiger partial charge is 0.491 e. The van der Waals surface area contributed by atoms with E-state index in [2.05, 4.69) is 4.74 Å². The van der Waals surface area contributed by atoms with Crippen molar-refractivity contribution < 1.29 is 32.2 Å². The predicted octanol–water partition coefficient (Wildman–Crippen LogP) is 2.91. The Morgan fingerprint density at radius 3 is 2.36 bits per heavy atom. The third-order valence-corrected chi connectivity index (χ3v) is 2.39. The molecule has 7 heteroatoms. The number of esters is 1. The lowest BCUT2D eigenvalue weighted by molar-refractivity contribution is -0.138. The van der Waals surface area contributed by atoms with Crippen molar-refractivity contribution in [2.45, 2.75) is 0 Å². The third kappa shape index (κ3) is 6.51. The van der Waals surface area contributed by atoms with Crippen molar-refractivity contribution in [1.29, 1.82) is 0 Å². The number of carbonyl (C=O) groups excluding carboxylic acids is 1. The van der Waals surface area contributed by atoms with Crippen molar-refractivity contribution in [3.05, 3.63) is 29.8 Å². The molecule has 1 aromatic carbocycles. The highest BCUT2D eigenvalue weighted by atomic mass is 19.1. The van der Waals surface area contributed by atoms with Crippen molar-refractivity contribution in [2.24, 2.45) is 0 Å². The van der Waals surface area contributed by atoms with E-state index in [1.165, 1.54) is 12.1 Å². The maximum absolute atomic E-state index is 12.2. The predicted molar refractivity (Wildman–Crippen MR) is 75.4 cm³/mol. The molecule has 4 nitrogen and oxygen atoms in total. The van der Waals surface area contributed by atoms with Crippen LogP contribution in [0, 0.1) is 0 Å². The molecule has 0 bridgehead atoms. The summed E-state index contributed by atoms with van der Waals surface area (Å²) in [6.07, 6.45) is 2.50. The summed E-state index contributed by atoms with van der Waals surface area (Å²) in [4.78, 5) is 11.3. The number of rotatable bonds is 10. The number of ether oxygens (including phenoxy) is 3. The lowest BCUT2D eigenvalue weighted by atomic mass is 10.1. The Morgan fingerprint density at radius 1 is 1.00 bits per heavy atom. The van der Waals surface area contributed by atoms with E-state index < -0.39 is 26.0 Å². The molecule has 0 aliphatic heterocycles. The van der Waals surface area contributed by atoms with Gasteiger partial charge in [0.1, 0.15) is 51.3 Å². The molecule has 0 heterocycles. The number of hydrogen-bond acceptors (Lipinski definition) is 4. The minimum Gasteiger partial charge on any atom is -0.491 e. The van der Waals surface area contributed by atoms with Crippen LogP contribution in [0.25, 0.3) is 6.08 Å². The number of halogens is 3. The fourth-order valence-corrected chi connectivity index (χ4v) is 1.52. The number of alkyl halides is 3. The first-order chi connectivity index (χ1) is 10.7. The van der Waals surface area contributed by atoms with E-state index in [1.54, 1.807) is 12.1 Å². The van der Waals surface area contributed by atoms with Gasteiger partial charge in [-0.2, -0.15) is 0 Å². The van der Waals surface area contributed by atoms with Crippen LogP contribution in [-0.2, 0) is 9.53 Å². The molecule has 0 atom stereocenters. The zero-order chi connectivity index (χ0) is 16.2. The van der Waals surface area contributed by atoms with Gasteiger partial charge in [0.2, 0.25) is 0 Å². The molecule has 122 valence electrons. The minimum atomic E-state index is -0.759. The van der Waals surface area contributed by atoms with E-state index in [4.69, 9.17) is 9.47 Å². The van der Waals surface area contributed by atoms with Crippen LogP contribution in [0.5, 0.6) is 11.5 Å². The Morgan fingerprint density at radius 2 is 1.68 bits per heavy atom. The van der Waals surface area contributed by atoms with Gasteiger partial charge < -0.3 is 14.2 Å². The normalized spacial score (nSPS) is 10.7. The third-order valence-electron chi connectivity index (χ3n) is 2.39. The fourth-order valence-electron chi connectivity index (χ4n) is 1.52. The summed E-state index contributed by atoms with van der Waals surface area (Å²) in [5.74, 6) is -0.0564. The van der Waals surface area contributed by atoms with Crippen LogP contribution in [0.3, 0.4) is 0 Å². The first-order valence-corrected chi connectivity index (χ1v) is 6.63. The molecule has 22 heavy (non-hydrogen) atoms. The summed E-state index contributed by atoms with van der Waals surface area (Å²) >= 11 is 0. The van der Waals surface area contributed by atoms with Crippen LogP contribution in [-0.4, -0.2) is 45.8 Å². The van der Waals surface area contributed by atoms with Gasteiger partial charge in [0.15, 0.2) is 0 Å². The molecule has 0 spiro atoms. The van der Waals surface area contributed by atoms with Gasteiger partial charge in [-0.05, 0) is 18.2 Å². The molecule has 0 aromatic heterocycles. The van der Waals surface area contributed by atoms with Gasteiger partial charge in [0.25, 0.3) is 0 Å². The first-order valence-electron chi connectivity index (χ1n) is 6.63. The summed E-state index contributed by atoms with van der Waals surface area (Å²) in [5, 5.41) is 0. The lowest BCUT2D eigenvalue weighted by Crippen LogP contribution is -2.04. The van der Waals surface area contributed by atoms with E-state index in [0.717, 1.165) is 6.08 Å². The molecular formula is C15H17F3O4. The van der Waals surface area contributed by atoms with Crippen molar-refractivity contribution >= 4 is 12.0 Å². The SMILES string of the molecule is O=C(/C=C/c1ccc(OCCF)cc1OCCF)OCCF. The molecule has 0 saturated heterocycles.